The molecule has 3 nitrogen and oxygen atoms in total. The van der Waals surface area contributed by atoms with Gasteiger partial charge in [-0.1, -0.05) is 19.1 Å². The van der Waals surface area contributed by atoms with E-state index in [9.17, 15) is 4.79 Å². The minimum Gasteiger partial charge on any atom is -0.497 e. The molecule has 0 bridgehead atoms. The molecule has 3 heteroatoms. The highest BCUT2D eigenvalue weighted by Crippen LogP contribution is 2.11. The summed E-state index contributed by atoms with van der Waals surface area (Å²) in [5.74, 6) is 0.958. The monoisotopic (exact) mass is 207 g/mol. The quantitative estimate of drug-likeness (QED) is 0.799. The van der Waals surface area contributed by atoms with Crippen LogP contribution in [0.25, 0.3) is 0 Å². The maximum Gasteiger partial charge on any atom is 0.219 e. The standard InChI is InChI=1S/C12H17NO2/c1-3-12(14)13-9-8-10-4-6-11(15-2)7-5-10/h4-7H,3,8-9H2,1-2H3,(H,13,14). The number of rotatable bonds is 5. The van der Waals surface area contributed by atoms with E-state index in [0.29, 0.717) is 13.0 Å². The molecule has 0 aliphatic heterocycles. The summed E-state index contributed by atoms with van der Waals surface area (Å²) in [5.41, 5.74) is 1.20. The minimum absolute atomic E-state index is 0.100. The van der Waals surface area contributed by atoms with Gasteiger partial charge >= 0.3 is 0 Å². The van der Waals surface area contributed by atoms with Gasteiger partial charge in [0.25, 0.3) is 0 Å². The molecule has 0 saturated heterocycles. The third-order valence-corrected chi connectivity index (χ3v) is 2.22. The lowest BCUT2D eigenvalue weighted by atomic mass is 10.1. The van der Waals surface area contributed by atoms with E-state index in [1.807, 2.05) is 31.2 Å². The van der Waals surface area contributed by atoms with E-state index in [0.717, 1.165) is 12.2 Å². The summed E-state index contributed by atoms with van der Waals surface area (Å²) in [4.78, 5) is 11.0. The van der Waals surface area contributed by atoms with Crippen LogP contribution in [0.4, 0.5) is 0 Å². The topological polar surface area (TPSA) is 38.3 Å². The summed E-state index contributed by atoms with van der Waals surface area (Å²) in [5, 5.41) is 2.84. The highest BCUT2D eigenvalue weighted by Gasteiger charge is 1.97. The van der Waals surface area contributed by atoms with Gasteiger partial charge in [0.1, 0.15) is 5.75 Å². The van der Waals surface area contributed by atoms with Gasteiger partial charge in [0.05, 0.1) is 7.11 Å². The Morgan fingerprint density at radius 1 is 1.33 bits per heavy atom. The number of hydrogen-bond acceptors (Lipinski definition) is 2. The largest absolute Gasteiger partial charge is 0.497 e. The first kappa shape index (κ1) is 11.6. The molecule has 0 aromatic heterocycles. The predicted octanol–water partition coefficient (Wildman–Crippen LogP) is 1.76. The Morgan fingerprint density at radius 3 is 2.53 bits per heavy atom. The number of methoxy groups -OCH3 is 1. The Labute approximate surface area is 90.4 Å². The Hall–Kier alpha value is -1.51. The number of amides is 1. The van der Waals surface area contributed by atoms with Crippen molar-refractivity contribution in [3.05, 3.63) is 29.8 Å². The molecule has 15 heavy (non-hydrogen) atoms. The molecule has 1 aromatic rings. The number of benzene rings is 1. The van der Waals surface area contributed by atoms with Crippen molar-refractivity contribution in [2.24, 2.45) is 0 Å². The van der Waals surface area contributed by atoms with Crippen molar-refractivity contribution in [3.8, 4) is 5.75 Å². The summed E-state index contributed by atoms with van der Waals surface area (Å²) in [6.07, 6.45) is 1.40. The summed E-state index contributed by atoms with van der Waals surface area (Å²) >= 11 is 0. The first-order chi connectivity index (χ1) is 7.26. The molecule has 0 spiro atoms. The van der Waals surface area contributed by atoms with Crippen LogP contribution in [0.5, 0.6) is 5.75 Å². The van der Waals surface area contributed by atoms with Crippen LogP contribution in [0.1, 0.15) is 18.9 Å². The summed E-state index contributed by atoms with van der Waals surface area (Å²) < 4.78 is 5.06. The van der Waals surface area contributed by atoms with E-state index in [-0.39, 0.29) is 5.91 Å². The van der Waals surface area contributed by atoms with Gasteiger partial charge in [0, 0.05) is 13.0 Å². The molecule has 1 rings (SSSR count). The average Bonchev–Trinajstić information content (AvgIpc) is 2.29. The summed E-state index contributed by atoms with van der Waals surface area (Å²) in [6.45, 7) is 2.54. The predicted molar refractivity (Wildman–Crippen MR) is 60.0 cm³/mol. The number of nitrogens with one attached hydrogen (secondary N) is 1. The molecule has 0 heterocycles. The van der Waals surface area contributed by atoms with Crippen LogP contribution < -0.4 is 10.1 Å². The SMILES string of the molecule is CCC(=O)NCCc1ccc(OC)cc1. The molecular formula is C12H17NO2. The first-order valence-electron chi connectivity index (χ1n) is 5.16. The van der Waals surface area contributed by atoms with Crippen LogP contribution in [0.3, 0.4) is 0 Å². The van der Waals surface area contributed by atoms with Crippen LogP contribution >= 0.6 is 0 Å². The molecule has 0 aliphatic carbocycles. The van der Waals surface area contributed by atoms with E-state index in [1.165, 1.54) is 5.56 Å². The fourth-order valence-corrected chi connectivity index (χ4v) is 1.26. The second kappa shape index (κ2) is 6.06. The van der Waals surface area contributed by atoms with Crippen LogP contribution in [-0.4, -0.2) is 19.6 Å². The first-order valence-corrected chi connectivity index (χ1v) is 5.16. The number of carbonyl (C=O) groups excluding carboxylic acids is 1. The van der Waals surface area contributed by atoms with Crippen LogP contribution in [0.15, 0.2) is 24.3 Å². The van der Waals surface area contributed by atoms with Gasteiger partial charge < -0.3 is 10.1 Å². The van der Waals surface area contributed by atoms with E-state index < -0.39 is 0 Å². The number of hydrogen-bond donors (Lipinski definition) is 1. The fourth-order valence-electron chi connectivity index (χ4n) is 1.26. The van der Waals surface area contributed by atoms with Gasteiger partial charge in [-0.2, -0.15) is 0 Å². The van der Waals surface area contributed by atoms with Crippen molar-refractivity contribution in [3.63, 3.8) is 0 Å². The van der Waals surface area contributed by atoms with Crippen molar-refractivity contribution < 1.29 is 9.53 Å². The summed E-state index contributed by atoms with van der Waals surface area (Å²) in [7, 11) is 1.65. The Kier molecular flexibility index (Phi) is 4.68. The Morgan fingerprint density at radius 2 is 2.00 bits per heavy atom. The van der Waals surface area contributed by atoms with Crippen molar-refractivity contribution in [2.45, 2.75) is 19.8 Å². The van der Waals surface area contributed by atoms with Gasteiger partial charge in [-0.25, -0.2) is 0 Å². The molecule has 0 unspecified atom stereocenters. The normalized spacial score (nSPS) is 9.73. The van der Waals surface area contributed by atoms with Crippen molar-refractivity contribution in [1.29, 1.82) is 0 Å². The fraction of sp³-hybridized carbons (Fsp3) is 0.417. The molecule has 1 N–H and O–H groups in total. The lowest BCUT2D eigenvalue weighted by Crippen LogP contribution is -2.24. The third-order valence-electron chi connectivity index (χ3n) is 2.22. The van der Waals surface area contributed by atoms with Gasteiger partial charge in [-0.3, -0.25) is 4.79 Å². The highest BCUT2D eigenvalue weighted by molar-refractivity contribution is 5.75. The second-order valence-corrected chi connectivity index (χ2v) is 3.30. The van der Waals surface area contributed by atoms with E-state index >= 15 is 0 Å². The zero-order valence-electron chi connectivity index (χ0n) is 9.25. The van der Waals surface area contributed by atoms with Crippen LogP contribution in [-0.2, 0) is 11.2 Å². The molecule has 0 fully saturated rings. The molecule has 1 amide bonds. The zero-order valence-corrected chi connectivity index (χ0v) is 9.25. The molecule has 0 aliphatic rings. The van der Waals surface area contributed by atoms with E-state index in [2.05, 4.69) is 5.32 Å². The van der Waals surface area contributed by atoms with Crippen molar-refractivity contribution >= 4 is 5.91 Å². The van der Waals surface area contributed by atoms with Crippen molar-refractivity contribution in [1.82, 2.24) is 5.32 Å². The number of carbonyl (C=O) groups is 1. The molecule has 0 atom stereocenters. The molecule has 0 saturated carbocycles. The maximum absolute atomic E-state index is 11.0. The second-order valence-electron chi connectivity index (χ2n) is 3.30. The van der Waals surface area contributed by atoms with Gasteiger partial charge in [0.2, 0.25) is 5.91 Å². The van der Waals surface area contributed by atoms with Crippen LogP contribution in [0, 0.1) is 0 Å². The maximum atomic E-state index is 11.0. The van der Waals surface area contributed by atoms with Crippen LogP contribution in [0.2, 0.25) is 0 Å². The molecule has 0 radical (unpaired) electrons. The van der Waals surface area contributed by atoms with Gasteiger partial charge in [-0.05, 0) is 24.1 Å². The van der Waals surface area contributed by atoms with Gasteiger partial charge in [0.15, 0.2) is 0 Å². The Balaban J connectivity index is 2.34. The zero-order chi connectivity index (χ0) is 11.1. The van der Waals surface area contributed by atoms with Crippen molar-refractivity contribution in [2.75, 3.05) is 13.7 Å². The Bertz CT molecular complexity index is 306. The molecule has 1 aromatic carbocycles. The lowest BCUT2D eigenvalue weighted by molar-refractivity contribution is -0.120. The lowest BCUT2D eigenvalue weighted by Gasteiger charge is -2.04. The van der Waals surface area contributed by atoms with E-state index in [1.54, 1.807) is 7.11 Å². The minimum atomic E-state index is 0.100. The smallest absolute Gasteiger partial charge is 0.219 e. The average molecular weight is 207 g/mol. The third kappa shape index (κ3) is 4.02. The van der Waals surface area contributed by atoms with Gasteiger partial charge in [-0.15, -0.1) is 0 Å². The van der Waals surface area contributed by atoms with E-state index in [4.69, 9.17) is 4.74 Å². The summed E-state index contributed by atoms with van der Waals surface area (Å²) in [6, 6.07) is 7.88. The molecular weight excluding hydrogens is 190 g/mol. The highest BCUT2D eigenvalue weighted by atomic mass is 16.5. The number of ether oxygens (including phenoxy) is 1. The molecule has 82 valence electrons.